The molecule has 0 saturated heterocycles. The maximum atomic E-state index is 12.3. The van der Waals surface area contributed by atoms with Gasteiger partial charge in [0.05, 0.1) is 11.5 Å². The lowest BCUT2D eigenvalue weighted by Crippen LogP contribution is -2.36. The van der Waals surface area contributed by atoms with Crippen LogP contribution in [0.2, 0.25) is 0 Å². The number of rotatable bonds is 10. The smallest absolute Gasteiger partial charge is 0.257 e. The molecule has 0 aromatic heterocycles. The summed E-state index contributed by atoms with van der Waals surface area (Å²) in [7, 11) is -3.61. The first kappa shape index (κ1) is 21.7. The lowest BCUT2D eigenvalue weighted by molar-refractivity contribution is -0.123. The molecule has 0 aliphatic carbocycles. The maximum absolute atomic E-state index is 12.3. The lowest BCUT2D eigenvalue weighted by atomic mass is 10.1. The summed E-state index contributed by atoms with van der Waals surface area (Å²) < 4.78 is 37.9. The summed E-state index contributed by atoms with van der Waals surface area (Å²) in [5, 5.41) is 2.62. The fourth-order valence-corrected chi connectivity index (χ4v) is 3.51. The molecule has 0 radical (unpaired) electrons. The van der Waals surface area contributed by atoms with Gasteiger partial charge < -0.3 is 14.8 Å². The molecule has 28 heavy (non-hydrogen) atoms. The van der Waals surface area contributed by atoms with Gasteiger partial charge in [0.1, 0.15) is 0 Å². The van der Waals surface area contributed by atoms with Crippen LogP contribution in [-0.2, 0) is 14.8 Å². The third kappa shape index (κ3) is 6.24. The lowest BCUT2D eigenvalue weighted by Gasteiger charge is -2.12. The highest BCUT2D eigenvalue weighted by Gasteiger charge is 2.14. The van der Waals surface area contributed by atoms with Crippen molar-refractivity contribution in [3.05, 3.63) is 53.6 Å². The Hall–Kier alpha value is -2.58. The number of hydrogen-bond acceptors (Lipinski definition) is 5. The Morgan fingerprint density at radius 1 is 0.964 bits per heavy atom. The van der Waals surface area contributed by atoms with Crippen LogP contribution in [0, 0.1) is 13.8 Å². The summed E-state index contributed by atoms with van der Waals surface area (Å²) in [6, 6.07) is 12.0. The molecule has 8 heteroatoms. The Balaban J connectivity index is 1.77. The molecule has 2 rings (SSSR count). The molecule has 0 bridgehead atoms. The summed E-state index contributed by atoms with van der Waals surface area (Å²) in [4.78, 5) is 12.1. The molecule has 0 fully saturated rings. The second kappa shape index (κ2) is 10.1. The van der Waals surface area contributed by atoms with Crippen molar-refractivity contribution in [3.63, 3.8) is 0 Å². The minimum absolute atomic E-state index is 0.0799. The zero-order valence-corrected chi connectivity index (χ0v) is 17.1. The summed E-state index contributed by atoms with van der Waals surface area (Å²) in [6.07, 6.45) is 0. The van der Waals surface area contributed by atoms with Crippen LogP contribution >= 0.6 is 0 Å². The van der Waals surface area contributed by atoms with Crippen LogP contribution in [-0.4, -0.2) is 40.6 Å². The number of hydrogen-bond donors (Lipinski definition) is 2. The van der Waals surface area contributed by atoms with E-state index in [9.17, 15) is 13.2 Å². The molecule has 7 nitrogen and oxygen atoms in total. The molecule has 0 unspecified atom stereocenters. The van der Waals surface area contributed by atoms with Crippen LogP contribution in [0.15, 0.2) is 47.4 Å². The van der Waals surface area contributed by atoms with Gasteiger partial charge in [-0.2, -0.15) is 0 Å². The van der Waals surface area contributed by atoms with E-state index in [1.165, 1.54) is 0 Å². The van der Waals surface area contributed by atoms with Crippen LogP contribution in [0.25, 0.3) is 0 Å². The number of benzene rings is 2. The summed E-state index contributed by atoms with van der Waals surface area (Å²) in [5.41, 5.74) is 1.93. The third-order valence-corrected chi connectivity index (χ3v) is 5.49. The first-order valence-electron chi connectivity index (χ1n) is 9.01. The molecule has 2 aromatic carbocycles. The second-order valence-corrected chi connectivity index (χ2v) is 7.93. The molecule has 152 valence electrons. The van der Waals surface area contributed by atoms with E-state index in [2.05, 4.69) is 10.0 Å². The van der Waals surface area contributed by atoms with Crippen molar-refractivity contribution in [2.24, 2.45) is 0 Å². The van der Waals surface area contributed by atoms with Gasteiger partial charge >= 0.3 is 0 Å². The SMILES string of the molecule is CCOc1ccccc1OCC(=O)NCCNS(=O)(=O)c1ccc(C)c(C)c1. The second-order valence-electron chi connectivity index (χ2n) is 6.16. The Morgan fingerprint density at radius 2 is 1.64 bits per heavy atom. The highest BCUT2D eigenvalue weighted by atomic mass is 32.2. The molecule has 2 N–H and O–H groups in total. The number of para-hydroxylation sites is 2. The predicted molar refractivity (Wildman–Crippen MR) is 107 cm³/mol. The molecule has 1 amide bonds. The average Bonchev–Trinajstić information content (AvgIpc) is 2.67. The largest absolute Gasteiger partial charge is 0.490 e. The zero-order valence-electron chi connectivity index (χ0n) is 16.3. The maximum Gasteiger partial charge on any atom is 0.257 e. The standard InChI is InChI=1S/C20H26N2O5S/c1-4-26-18-7-5-6-8-19(18)27-14-20(23)21-11-12-22-28(24,25)17-10-9-15(2)16(3)13-17/h5-10,13,22H,4,11-12,14H2,1-3H3,(H,21,23). The van der Waals surface area contributed by atoms with E-state index in [0.29, 0.717) is 18.1 Å². The third-order valence-electron chi connectivity index (χ3n) is 4.04. The van der Waals surface area contributed by atoms with Gasteiger partial charge in [-0.05, 0) is 56.2 Å². The van der Waals surface area contributed by atoms with Gasteiger partial charge in [-0.1, -0.05) is 18.2 Å². The van der Waals surface area contributed by atoms with Gasteiger partial charge in [-0.3, -0.25) is 4.79 Å². The van der Waals surface area contributed by atoms with Crippen LogP contribution in [0.5, 0.6) is 11.5 Å². The number of carbonyl (C=O) groups is 1. The Morgan fingerprint density at radius 3 is 2.29 bits per heavy atom. The number of amides is 1. The quantitative estimate of drug-likeness (QED) is 0.590. The Labute approximate surface area is 166 Å². The van der Waals surface area contributed by atoms with Crippen molar-refractivity contribution in [2.75, 3.05) is 26.3 Å². The molecule has 0 atom stereocenters. The molecule has 0 spiro atoms. The molecular formula is C20H26N2O5S. The van der Waals surface area contributed by atoms with Gasteiger partial charge in [-0.15, -0.1) is 0 Å². The monoisotopic (exact) mass is 406 g/mol. The van der Waals surface area contributed by atoms with Crippen LogP contribution < -0.4 is 19.5 Å². The first-order chi connectivity index (χ1) is 13.3. The minimum atomic E-state index is -3.61. The van der Waals surface area contributed by atoms with Gasteiger partial charge in [0.25, 0.3) is 5.91 Å². The highest BCUT2D eigenvalue weighted by Crippen LogP contribution is 2.26. The Kier molecular flexibility index (Phi) is 7.83. The normalized spacial score (nSPS) is 11.1. The van der Waals surface area contributed by atoms with Gasteiger partial charge in [-0.25, -0.2) is 13.1 Å². The first-order valence-corrected chi connectivity index (χ1v) is 10.5. The minimum Gasteiger partial charge on any atom is -0.490 e. The number of sulfonamides is 1. The molecule has 0 heterocycles. The summed E-state index contributed by atoms with van der Waals surface area (Å²) >= 11 is 0. The van der Waals surface area contributed by atoms with E-state index in [1.54, 1.807) is 36.4 Å². The van der Waals surface area contributed by atoms with E-state index in [4.69, 9.17) is 9.47 Å². The predicted octanol–water partition coefficient (Wildman–Crippen LogP) is 2.18. The van der Waals surface area contributed by atoms with Crippen molar-refractivity contribution in [1.82, 2.24) is 10.0 Å². The molecule has 2 aromatic rings. The molecule has 0 aliphatic heterocycles. The molecule has 0 aliphatic rings. The van der Waals surface area contributed by atoms with Crippen LogP contribution in [0.3, 0.4) is 0 Å². The van der Waals surface area contributed by atoms with Gasteiger partial charge in [0.15, 0.2) is 18.1 Å². The van der Waals surface area contributed by atoms with Crippen molar-refractivity contribution >= 4 is 15.9 Å². The van der Waals surface area contributed by atoms with Crippen molar-refractivity contribution < 1.29 is 22.7 Å². The fourth-order valence-electron chi connectivity index (χ4n) is 2.39. The fraction of sp³-hybridized carbons (Fsp3) is 0.350. The van der Waals surface area contributed by atoms with Crippen LogP contribution in [0.4, 0.5) is 0 Å². The van der Waals surface area contributed by atoms with Crippen molar-refractivity contribution in [2.45, 2.75) is 25.7 Å². The van der Waals surface area contributed by atoms with Crippen molar-refractivity contribution in [1.29, 1.82) is 0 Å². The number of aryl methyl sites for hydroxylation is 2. The van der Waals surface area contributed by atoms with E-state index < -0.39 is 10.0 Å². The van der Waals surface area contributed by atoms with E-state index in [0.717, 1.165) is 11.1 Å². The van der Waals surface area contributed by atoms with Crippen molar-refractivity contribution in [3.8, 4) is 11.5 Å². The van der Waals surface area contributed by atoms with E-state index in [1.807, 2.05) is 26.8 Å². The van der Waals surface area contributed by atoms with Crippen LogP contribution in [0.1, 0.15) is 18.1 Å². The van der Waals surface area contributed by atoms with E-state index in [-0.39, 0.29) is 30.5 Å². The zero-order chi connectivity index (χ0) is 20.6. The summed E-state index contributed by atoms with van der Waals surface area (Å²) in [5.74, 6) is 0.700. The average molecular weight is 407 g/mol. The highest BCUT2D eigenvalue weighted by molar-refractivity contribution is 7.89. The number of carbonyl (C=O) groups excluding carboxylic acids is 1. The molecule has 0 saturated carbocycles. The number of ether oxygens (including phenoxy) is 2. The molecular weight excluding hydrogens is 380 g/mol. The summed E-state index contributed by atoms with van der Waals surface area (Å²) in [6.45, 7) is 6.18. The van der Waals surface area contributed by atoms with Gasteiger partial charge in [0.2, 0.25) is 10.0 Å². The topological polar surface area (TPSA) is 93.7 Å². The van der Waals surface area contributed by atoms with Gasteiger partial charge in [0, 0.05) is 13.1 Å². The Bertz CT molecular complexity index is 913. The number of nitrogens with one attached hydrogen (secondary N) is 2. The van der Waals surface area contributed by atoms with E-state index >= 15 is 0 Å².